The highest BCUT2D eigenvalue weighted by Gasteiger charge is 2.16. The van der Waals surface area contributed by atoms with Crippen LogP contribution in [-0.2, 0) is 0 Å². The van der Waals surface area contributed by atoms with E-state index >= 15 is 0 Å². The van der Waals surface area contributed by atoms with Crippen molar-refractivity contribution in [2.45, 2.75) is 0 Å². The number of nitrogens with zero attached hydrogens (tertiary/aromatic N) is 3. The summed E-state index contributed by atoms with van der Waals surface area (Å²) in [6.07, 6.45) is 0. The van der Waals surface area contributed by atoms with Crippen LogP contribution in [0.5, 0.6) is 0 Å². The molecule has 2 aromatic heterocycles. The van der Waals surface area contributed by atoms with Gasteiger partial charge in [0, 0.05) is 27.5 Å². The Hall–Kier alpha value is -6.39. The first kappa shape index (κ1) is 13.5. The van der Waals surface area contributed by atoms with E-state index < -0.39 is 177 Å². The van der Waals surface area contributed by atoms with Gasteiger partial charge in [0.2, 0.25) is 0 Å². The highest BCUT2D eigenvalue weighted by molar-refractivity contribution is 6.12. The summed E-state index contributed by atoms with van der Waals surface area (Å²) < 4.78 is 181. The van der Waals surface area contributed by atoms with E-state index in [1.165, 1.54) is 0 Å². The minimum atomic E-state index is -0.890. The summed E-state index contributed by atoms with van der Waals surface area (Å²) in [6, 6.07) is -3.80. The van der Waals surface area contributed by atoms with Crippen LogP contribution in [0.1, 0.15) is 27.4 Å². The van der Waals surface area contributed by atoms with Crippen molar-refractivity contribution in [1.82, 2.24) is 15.0 Å². The largest absolute Gasteiger partial charge is 0.456 e. The van der Waals surface area contributed by atoms with Gasteiger partial charge in [-0.25, -0.2) is 15.0 Å². The predicted molar refractivity (Wildman–Crippen MR) is 192 cm³/mol. The van der Waals surface area contributed by atoms with Gasteiger partial charge in [-0.05, 0) is 63.3 Å². The molecule has 0 spiro atoms. The molecular formula is C43H27N3O. The second-order valence-electron chi connectivity index (χ2n) is 10.1. The van der Waals surface area contributed by atoms with Crippen LogP contribution in [-0.4, -0.2) is 15.0 Å². The van der Waals surface area contributed by atoms with Gasteiger partial charge in [-0.2, -0.15) is 0 Å². The highest BCUT2D eigenvalue weighted by Crippen LogP contribution is 2.38. The second-order valence-corrected chi connectivity index (χ2v) is 10.1. The van der Waals surface area contributed by atoms with E-state index in [0.717, 1.165) is 0 Å². The van der Waals surface area contributed by atoms with Gasteiger partial charge in [0.05, 0.1) is 27.4 Å². The van der Waals surface area contributed by atoms with Crippen molar-refractivity contribution in [3.8, 4) is 56.4 Å². The van der Waals surface area contributed by atoms with Gasteiger partial charge in [-0.1, -0.05) is 133 Å². The number of furan rings is 1. The Labute approximate surface area is 299 Å². The summed E-state index contributed by atoms with van der Waals surface area (Å²) in [4.78, 5) is 13.2. The van der Waals surface area contributed by atoms with Gasteiger partial charge < -0.3 is 4.42 Å². The Morgan fingerprint density at radius 1 is 0.426 bits per heavy atom. The first-order chi connectivity index (χ1) is 31.6. The van der Waals surface area contributed by atoms with Gasteiger partial charge in [0.15, 0.2) is 17.5 Å². The third kappa shape index (κ3) is 4.93. The van der Waals surface area contributed by atoms with E-state index in [1.807, 2.05) is 0 Å². The molecule has 0 saturated carbocycles. The van der Waals surface area contributed by atoms with Gasteiger partial charge >= 0.3 is 0 Å². The monoisotopic (exact) mass is 621 g/mol. The fourth-order valence-corrected chi connectivity index (χ4v) is 5.13. The smallest absolute Gasteiger partial charge is 0.164 e. The molecule has 0 aliphatic heterocycles. The number of hydrogen-bond acceptors (Lipinski definition) is 4. The average molecular weight is 622 g/mol. The fourth-order valence-electron chi connectivity index (χ4n) is 5.13. The molecule has 0 amide bonds. The molecule has 0 bridgehead atoms. The third-order valence-electron chi connectivity index (χ3n) is 7.23. The number of rotatable bonds is 5. The summed E-state index contributed by atoms with van der Waals surface area (Å²) in [5.74, 6) is -2.08. The average Bonchev–Trinajstić information content (AvgIpc) is 3.69. The van der Waals surface area contributed by atoms with Gasteiger partial charge in [-0.3, -0.25) is 0 Å². The van der Waals surface area contributed by atoms with Crippen molar-refractivity contribution in [3.05, 3.63) is 163 Å². The Bertz CT molecular complexity index is 3670. The van der Waals surface area contributed by atoms with E-state index in [2.05, 4.69) is 15.0 Å². The summed E-state index contributed by atoms with van der Waals surface area (Å²) in [5, 5.41) is -0.0978. The summed E-state index contributed by atoms with van der Waals surface area (Å²) >= 11 is 0. The normalized spacial score (nSPS) is 17.4. The zero-order valence-corrected chi connectivity index (χ0v) is 23.8. The highest BCUT2D eigenvalue weighted by atomic mass is 16.3. The van der Waals surface area contributed by atoms with E-state index in [0.29, 0.717) is 21.9 Å². The van der Waals surface area contributed by atoms with E-state index in [1.54, 1.807) is 42.5 Å². The van der Waals surface area contributed by atoms with Crippen LogP contribution in [0.4, 0.5) is 0 Å². The molecule has 9 rings (SSSR count). The molecule has 47 heavy (non-hydrogen) atoms. The van der Waals surface area contributed by atoms with Gasteiger partial charge in [-0.15, -0.1) is 0 Å². The topological polar surface area (TPSA) is 51.8 Å². The van der Waals surface area contributed by atoms with E-state index in [-0.39, 0.29) is 11.1 Å². The predicted octanol–water partition coefficient (Wildman–Crippen LogP) is 11.3. The number of fused-ring (bicyclic) bond motifs is 4. The van der Waals surface area contributed by atoms with Crippen molar-refractivity contribution in [3.63, 3.8) is 0 Å². The molecule has 0 atom stereocenters. The molecule has 0 unspecified atom stereocenters. The fraction of sp³-hybridized carbons (Fsp3) is 0. The number of hydrogen-bond donors (Lipinski definition) is 0. The Kier molecular flexibility index (Phi) is 3.23. The lowest BCUT2D eigenvalue weighted by atomic mass is 9.97. The molecule has 0 fully saturated rings. The van der Waals surface area contributed by atoms with Crippen LogP contribution in [0.25, 0.3) is 89.1 Å². The van der Waals surface area contributed by atoms with E-state index in [4.69, 9.17) is 27.7 Å². The first-order valence-electron chi connectivity index (χ1n) is 24.1. The minimum absolute atomic E-state index is 0.166. The first-order valence-corrected chi connectivity index (χ1v) is 14.1. The van der Waals surface area contributed by atoms with Crippen molar-refractivity contribution < 1.29 is 31.8 Å². The van der Waals surface area contributed by atoms with Crippen LogP contribution < -0.4 is 0 Å². The zero-order valence-electron chi connectivity index (χ0n) is 43.8. The summed E-state index contributed by atoms with van der Waals surface area (Å²) in [5.41, 5.74) is -2.12. The molecule has 7 aromatic carbocycles. The Balaban J connectivity index is 1.39. The molecule has 0 aliphatic rings. The van der Waals surface area contributed by atoms with Crippen LogP contribution >= 0.6 is 0 Å². The number of para-hydroxylation sites is 1. The molecule has 4 nitrogen and oxygen atoms in total. The third-order valence-corrected chi connectivity index (χ3v) is 7.23. The molecule has 0 aliphatic carbocycles. The Morgan fingerprint density at radius 3 is 1.77 bits per heavy atom. The quantitative estimate of drug-likeness (QED) is 0.192. The number of benzene rings is 7. The van der Waals surface area contributed by atoms with Crippen LogP contribution in [0.15, 0.2) is 168 Å². The van der Waals surface area contributed by atoms with E-state index in [9.17, 15) is 4.11 Å². The van der Waals surface area contributed by atoms with Crippen molar-refractivity contribution in [2.75, 3.05) is 0 Å². The minimum Gasteiger partial charge on any atom is -0.456 e. The maximum Gasteiger partial charge on any atom is 0.164 e. The van der Waals surface area contributed by atoms with Gasteiger partial charge in [0.25, 0.3) is 0 Å². The molecule has 0 saturated heterocycles. The zero-order chi connectivity index (χ0) is 48.6. The standard InChI is InChI=1S/C43H27N3O/c1-3-11-28(12-4-1)30-21-22-32-26-35(24-23-31(32)25-30)43-45-41(29-13-5-2-6-14-29)44-42(46-43)34-16-9-15-33(27-34)36-18-10-20-39-40(36)37-17-7-8-19-38(37)47-39/h1-27H/i1D,2D,3D,4D,5D,6D,9D,11D,12D,13D,14D,15D,16D,21D,22D,23D,24D,25D,26D,27D. The van der Waals surface area contributed by atoms with Crippen molar-refractivity contribution in [2.24, 2.45) is 0 Å². The molecule has 9 aromatic rings. The van der Waals surface area contributed by atoms with Crippen molar-refractivity contribution >= 4 is 32.7 Å². The summed E-state index contributed by atoms with van der Waals surface area (Å²) in [7, 11) is 0. The van der Waals surface area contributed by atoms with Crippen LogP contribution in [0.3, 0.4) is 0 Å². The SMILES string of the molecule is [2H]c1c([2H])c([2H])c(-c2nc(-c3c([2H])c([2H])c([2H])c(-c4cccc5oc6ccccc6c45)c3[2H])nc(-c3c([2H])c([2H])c4c([2H])c(-c5c([2H])c([2H])c([2H])c([2H])c5[2H])c([2H])c([2H])c4c3[2H])n2)c([2H])c1[2H]. The lowest BCUT2D eigenvalue weighted by Gasteiger charge is -2.11. The molecule has 2 heterocycles. The molecule has 220 valence electrons. The second kappa shape index (κ2) is 11.2. The maximum atomic E-state index is 9.58. The Morgan fingerprint density at radius 2 is 1.00 bits per heavy atom. The van der Waals surface area contributed by atoms with Gasteiger partial charge in [0.1, 0.15) is 11.2 Å². The molecule has 0 radical (unpaired) electrons. The lowest BCUT2D eigenvalue weighted by Crippen LogP contribution is -2.00. The van der Waals surface area contributed by atoms with Crippen molar-refractivity contribution in [1.29, 1.82) is 0 Å². The molecule has 4 heteroatoms. The molecule has 0 N–H and O–H groups in total. The number of aromatic nitrogens is 3. The van der Waals surface area contributed by atoms with Crippen LogP contribution in [0, 0.1) is 0 Å². The van der Waals surface area contributed by atoms with Crippen LogP contribution in [0.2, 0.25) is 0 Å². The maximum absolute atomic E-state index is 9.58. The molecular weight excluding hydrogens is 574 g/mol. The lowest BCUT2D eigenvalue weighted by molar-refractivity contribution is 0.669. The summed E-state index contributed by atoms with van der Waals surface area (Å²) in [6.45, 7) is 0.